The monoisotopic (exact) mass is 290 g/mol. The van der Waals surface area contributed by atoms with Gasteiger partial charge in [0, 0.05) is 5.41 Å². The zero-order chi connectivity index (χ0) is 14.8. The lowest BCUT2D eigenvalue weighted by molar-refractivity contribution is 0.492. The Morgan fingerprint density at radius 1 is 0.850 bits per heavy atom. The predicted molar refractivity (Wildman–Crippen MR) is 80.5 cm³/mol. The Balaban J connectivity index is 2.30. The molecule has 2 aromatic rings. The average molecular weight is 290 g/mol. The number of rotatable bonds is 4. The summed E-state index contributed by atoms with van der Waals surface area (Å²) in [4.78, 5) is 0. The third-order valence-electron chi connectivity index (χ3n) is 3.32. The predicted octanol–water partition coefficient (Wildman–Crippen LogP) is 3.35. The third kappa shape index (κ3) is 3.39. The molecule has 2 aromatic carbocycles. The Bertz CT molecular complexity index is 671. The van der Waals surface area contributed by atoms with Gasteiger partial charge >= 0.3 is 10.1 Å². The van der Waals surface area contributed by atoms with Crippen molar-refractivity contribution in [3.8, 4) is 5.75 Å². The number of hydrogen-bond acceptors (Lipinski definition) is 3. The highest BCUT2D eigenvalue weighted by molar-refractivity contribution is 7.86. The maximum Gasteiger partial charge on any atom is 0.306 e. The van der Waals surface area contributed by atoms with Crippen LogP contribution in [0.25, 0.3) is 0 Å². The molecule has 0 saturated carbocycles. The molecule has 106 valence electrons. The van der Waals surface area contributed by atoms with E-state index < -0.39 is 10.1 Å². The lowest BCUT2D eigenvalue weighted by Crippen LogP contribution is -2.18. The number of hydrogen-bond donors (Lipinski definition) is 0. The van der Waals surface area contributed by atoms with Crippen molar-refractivity contribution in [2.24, 2.45) is 0 Å². The average Bonchev–Trinajstić information content (AvgIpc) is 2.38. The lowest BCUT2D eigenvalue weighted by atomic mass is 9.78. The first-order valence-corrected chi connectivity index (χ1v) is 8.16. The second kappa shape index (κ2) is 5.29. The van der Waals surface area contributed by atoms with E-state index in [0.717, 1.165) is 11.8 Å². The molecule has 0 amide bonds. The van der Waals surface area contributed by atoms with Gasteiger partial charge in [0.1, 0.15) is 5.75 Å². The fourth-order valence-corrected chi connectivity index (χ4v) is 2.58. The Kier molecular flexibility index (Phi) is 3.86. The maximum absolute atomic E-state index is 11.1. The van der Waals surface area contributed by atoms with Crippen molar-refractivity contribution in [2.45, 2.75) is 19.3 Å². The largest absolute Gasteiger partial charge is 0.383 e. The van der Waals surface area contributed by atoms with E-state index in [1.54, 1.807) is 12.1 Å². The maximum atomic E-state index is 11.1. The molecule has 0 aliphatic heterocycles. The Morgan fingerprint density at radius 2 is 1.35 bits per heavy atom. The molecule has 0 radical (unpaired) electrons. The molecule has 0 aromatic heterocycles. The Hall–Kier alpha value is -1.81. The molecule has 0 spiro atoms. The van der Waals surface area contributed by atoms with Gasteiger partial charge in [0.15, 0.2) is 0 Å². The van der Waals surface area contributed by atoms with Gasteiger partial charge in [-0.3, -0.25) is 0 Å². The van der Waals surface area contributed by atoms with Crippen molar-refractivity contribution >= 4 is 10.1 Å². The van der Waals surface area contributed by atoms with Crippen LogP contribution in [0.2, 0.25) is 0 Å². The van der Waals surface area contributed by atoms with Crippen LogP contribution in [0.4, 0.5) is 0 Å². The van der Waals surface area contributed by atoms with E-state index in [2.05, 4.69) is 26.0 Å². The van der Waals surface area contributed by atoms with E-state index in [1.165, 1.54) is 5.56 Å². The fourth-order valence-electron chi connectivity index (χ4n) is 2.12. The van der Waals surface area contributed by atoms with Crippen LogP contribution >= 0.6 is 0 Å². The molecule has 0 aliphatic carbocycles. The van der Waals surface area contributed by atoms with Crippen molar-refractivity contribution in [1.82, 2.24) is 0 Å². The van der Waals surface area contributed by atoms with Crippen LogP contribution in [0.1, 0.15) is 25.0 Å². The smallest absolute Gasteiger partial charge is 0.306 e. The summed E-state index contributed by atoms with van der Waals surface area (Å²) >= 11 is 0. The van der Waals surface area contributed by atoms with Crippen molar-refractivity contribution < 1.29 is 12.6 Å². The first kappa shape index (κ1) is 14.6. The molecule has 0 heterocycles. The topological polar surface area (TPSA) is 43.4 Å². The summed E-state index contributed by atoms with van der Waals surface area (Å²) in [7, 11) is -3.48. The molecule has 0 aliphatic rings. The van der Waals surface area contributed by atoms with E-state index >= 15 is 0 Å². The van der Waals surface area contributed by atoms with Crippen LogP contribution in [-0.2, 0) is 15.5 Å². The van der Waals surface area contributed by atoms with Gasteiger partial charge in [0.25, 0.3) is 0 Å². The van der Waals surface area contributed by atoms with Crippen LogP contribution < -0.4 is 4.18 Å². The summed E-state index contributed by atoms with van der Waals surface area (Å²) in [6.45, 7) is 4.27. The van der Waals surface area contributed by atoms with Gasteiger partial charge in [-0.2, -0.15) is 8.42 Å². The first-order valence-electron chi connectivity index (χ1n) is 6.34. The lowest BCUT2D eigenvalue weighted by Gasteiger charge is -2.26. The summed E-state index contributed by atoms with van der Waals surface area (Å²) in [5.74, 6) is 0.333. The highest BCUT2D eigenvalue weighted by Gasteiger charge is 2.22. The van der Waals surface area contributed by atoms with Crippen LogP contribution in [0.15, 0.2) is 54.6 Å². The van der Waals surface area contributed by atoms with Crippen molar-refractivity contribution in [3.63, 3.8) is 0 Å². The fraction of sp³-hybridized carbons (Fsp3) is 0.250. The summed E-state index contributed by atoms with van der Waals surface area (Å²) < 4.78 is 27.0. The van der Waals surface area contributed by atoms with Crippen LogP contribution in [0, 0.1) is 0 Å². The molecular formula is C16H18O3S. The SMILES string of the molecule is CC(C)(c1ccccc1)c1ccc(OS(C)(=O)=O)cc1. The molecule has 0 fully saturated rings. The minimum Gasteiger partial charge on any atom is -0.383 e. The van der Waals surface area contributed by atoms with E-state index in [4.69, 9.17) is 4.18 Å². The van der Waals surface area contributed by atoms with Crippen molar-refractivity contribution in [2.75, 3.05) is 6.26 Å². The molecule has 0 atom stereocenters. The zero-order valence-electron chi connectivity index (χ0n) is 11.8. The number of benzene rings is 2. The highest BCUT2D eigenvalue weighted by atomic mass is 32.2. The van der Waals surface area contributed by atoms with E-state index in [-0.39, 0.29) is 5.41 Å². The van der Waals surface area contributed by atoms with Gasteiger partial charge in [0.05, 0.1) is 6.26 Å². The quantitative estimate of drug-likeness (QED) is 0.811. The zero-order valence-corrected chi connectivity index (χ0v) is 12.6. The van der Waals surface area contributed by atoms with E-state index in [0.29, 0.717) is 5.75 Å². The second-order valence-corrected chi connectivity index (χ2v) is 6.88. The summed E-state index contributed by atoms with van der Waals surface area (Å²) in [5, 5.41) is 0. The van der Waals surface area contributed by atoms with E-state index in [9.17, 15) is 8.42 Å². The van der Waals surface area contributed by atoms with Crippen LogP contribution in [-0.4, -0.2) is 14.7 Å². The van der Waals surface area contributed by atoms with Crippen LogP contribution in [0.5, 0.6) is 5.75 Å². The van der Waals surface area contributed by atoms with Gasteiger partial charge in [-0.25, -0.2) is 0 Å². The summed E-state index contributed by atoms with van der Waals surface area (Å²) in [5.41, 5.74) is 2.16. The van der Waals surface area contributed by atoms with Gasteiger partial charge in [-0.1, -0.05) is 56.3 Å². The molecule has 3 nitrogen and oxygen atoms in total. The van der Waals surface area contributed by atoms with Crippen molar-refractivity contribution in [3.05, 3.63) is 65.7 Å². The second-order valence-electron chi connectivity index (χ2n) is 5.30. The van der Waals surface area contributed by atoms with Gasteiger partial charge in [0.2, 0.25) is 0 Å². The normalized spacial score (nSPS) is 12.2. The molecule has 0 saturated heterocycles. The molecular weight excluding hydrogens is 272 g/mol. The van der Waals surface area contributed by atoms with E-state index in [1.807, 2.05) is 30.3 Å². The minimum absolute atomic E-state index is 0.148. The first-order chi connectivity index (χ1) is 9.29. The van der Waals surface area contributed by atoms with Gasteiger partial charge in [-0.05, 0) is 23.3 Å². The van der Waals surface area contributed by atoms with Gasteiger partial charge < -0.3 is 4.18 Å². The molecule has 4 heteroatoms. The summed E-state index contributed by atoms with van der Waals surface area (Å²) in [6.07, 6.45) is 1.04. The van der Waals surface area contributed by atoms with Gasteiger partial charge in [-0.15, -0.1) is 0 Å². The molecule has 0 unspecified atom stereocenters. The van der Waals surface area contributed by atoms with Crippen LogP contribution in [0.3, 0.4) is 0 Å². The Morgan fingerprint density at radius 3 is 1.85 bits per heavy atom. The highest BCUT2D eigenvalue weighted by Crippen LogP contribution is 2.32. The molecule has 2 rings (SSSR count). The standard InChI is InChI=1S/C16H18O3S/c1-16(2,13-7-5-4-6-8-13)14-9-11-15(12-10-14)19-20(3,17)18/h4-12H,1-3H3. The minimum atomic E-state index is -3.48. The summed E-state index contributed by atoms with van der Waals surface area (Å²) in [6, 6.07) is 17.3. The Labute approximate surface area is 120 Å². The third-order valence-corrected chi connectivity index (χ3v) is 3.81. The molecule has 0 bridgehead atoms. The van der Waals surface area contributed by atoms with Crippen molar-refractivity contribution in [1.29, 1.82) is 0 Å². The molecule has 0 N–H and O–H groups in total. The molecule has 20 heavy (non-hydrogen) atoms.